The number of carbonyl (C=O) groups is 2. The second-order valence-electron chi connectivity index (χ2n) is 6.10. The summed E-state index contributed by atoms with van der Waals surface area (Å²) in [4.78, 5) is 26.3. The molecule has 3 rings (SSSR count). The minimum atomic E-state index is -4.94. The van der Waals surface area contributed by atoms with Crippen LogP contribution >= 0.6 is 0 Å². The number of halogens is 4. The lowest BCUT2D eigenvalue weighted by atomic mass is 9.60. The van der Waals surface area contributed by atoms with E-state index >= 15 is 0 Å². The number of aryl methyl sites for hydroxylation is 1. The van der Waals surface area contributed by atoms with E-state index in [1.54, 1.807) is 6.92 Å². The molecule has 7 nitrogen and oxygen atoms in total. The van der Waals surface area contributed by atoms with Crippen LogP contribution in [-0.4, -0.2) is 38.2 Å². The van der Waals surface area contributed by atoms with E-state index in [1.807, 2.05) is 0 Å². The topological polar surface area (TPSA) is 81.0 Å². The van der Waals surface area contributed by atoms with Crippen molar-refractivity contribution in [3.05, 3.63) is 23.0 Å². The SMILES string of the molecule is CCn1nnnc1N1C(=O)C2=C(F)C=C(C(F)(F)F)C(CC)(C1=O)C2C. The molecule has 2 amide bonds. The summed E-state index contributed by atoms with van der Waals surface area (Å²) in [6.07, 6.45) is -4.95. The average molecular weight is 373 g/mol. The molecular formula is C15H15F4N5O2. The Hall–Kier alpha value is -2.59. The van der Waals surface area contributed by atoms with Gasteiger partial charge in [0.2, 0.25) is 5.91 Å². The minimum absolute atomic E-state index is 0.164. The van der Waals surface area contributed by atoms with Gasteiger partial charge >= 0.3 is 6.18 Å². The fraction of sp³-hybridized carbons (Fsp3) is 0.533. The number of aromatic nitrogens is 4. The summed E-state index contributed by atoms with van der Waals surface area (Å²) in [7, 11) is 0. The van der Waals surface area contributed by atoms with Crippen LogP contribution in [0.3, 0.4) is 0 Å². The third-order valence-corrected chi connectivity index (χ3v) is 5.08. The third kappa shape index (κ3) is 2.15. The Morgan fingerprint density at radius 1 is 1.27 bits per heavy atom. The van der Waals surface area contributed by atoms with Gasteiger partial charge in [0.1, 0.15) is 5.83 Å². The first-order chi connectivity index (χ1) is 12.1. The monoisotopic (exact) mass is 373 g/mol. The minimum Gasteiger partial charge on any atom is -0.273 e. The summed E-state index contributed by atoms with van der Waals surface area (Å²) in [5.41, 5.74) is -3.91. The molecule has 1 aromatic heterocycles. The Kier molecular flexibility index (Phi) is 4.00. The first kappa shape index (κ1) is 18.2. The number of rotatable bonds is 3. The number of hydrogen-bond donors (Lipinski definition) is 0. The van der Waals surface area contributed by atoms with Gasteiger partial charge in [0.05, 0.1) is 16.6 Å². The lowest BCUT2D eigenvalue weighted by molar-refractivity contribution is -0.147. The van der Waals surface area contributed by atoms with Crippen molar-refractivity contribution in [1.29, 1.82) is 0 Å². The van der Waals surface area contributed by atoms with Crippen molar-refractivity contribution in [2.75, 3.05) is 4.90 Å². The molecule has 26 heavy (non-hydrogen) atoms. The zero-order chi connectivity index (χ0) is 19.4. The zero-order valence-electron chi connectivity index (χ0n) is 14.1. The summed E-state index contributed by atoms with van der Waals surface area (Å²) < 4.78 is 56.4. The van der Waals surface area contributed by atoms with Gasteiger partial charge in [0.15, 0.2) is 0 Å². The molecule has 1 fully saturated rings. The summed E-state index contributed by atoms with van der Waals surface area (Å²) in [6, 6.07) is 0. The first-order valence-electron chi connectivity index (χ1n) is 7.95. The highest BCUT2D eigenvalue weighted by atomic mass is 19.4. The highest BCUT2D eigenvalue weighted by Gasteiger charge is 2.64. The van der Waals surface area contributed by atoms with Gasteiger partial charge in [-0.1, -0.05) is 18.9 Å². The lowest BCUT2D eigenvalue weighted by Crippen LogP contribution is -2.61. The van der Waals surface area contributed by atoms with Crippen LogP contribution in [0.4, 0.5) is 23.5 Å². The van der Waals surface area contributed by atoms with Gasteiger partial charge in [-0.05, 0) is 29.8 Å². The van der Waals surface area contributed by atoms with Crippen molar-refractivity contribution in [1.82, 2.24) is 20.2 Å². The molecule has 0 saturated carbocycles. The number of tetrazole rings is 1. The number of amides is 2. The Morgan fingerprint density at radius 3 is 2.46 bits per heavy atom. The van der Waals surface area contributed by atoms with Crippen LogP contribution in [0, 0.1) is 11.3 Å². The summed E-state index contributed by atoms with van der Waals surface area (Å²) in [5, 5.41) is 10.5. The van der Waals surface area contributed by atoms with Crippen molar-refractivity contribution in [3.8, 4) is 0 Å². The van der Waals surface area contributed by atoms with E-state index in [-0.39, 0.29) is 25.0 Å². The van der Waals surface area contributed by atoms with Crippen molar-refractivity contribution >= 4 is 17.8 Å². The molecule has 11 heteroatoms. The maximum Gasteiger partial charge on any atom is 0.413 e. The van der Waals surface area contributed by atoms with Gasteiger partial charge in [0.25, 0.3) is 11.9 Å². The standard InChI is InChI=1S/C15H15F4N5O2/c1-4-14-7(3)10(8(16)6-9(14)15(17,18)19)11(25)24(12(14)26)13-20-21-22-23(13)5-2/h6-7H,4-5H2,1-3H3. The van der Waals surface area contributed by atoms with Crippen LogP contribution in [0.15, 0.2) is 23.0 Å². The maximum absolute atomic E-state index is 14.5. The number of anilines is 1. The second-order valence-corrected chi connectivity index (χ2v) is 6.10. The molecule has 2 atom stereocenters. The Balaban J connectivity index is 2.31. The number of allylic oxidation sites excluding steroid dienone is 2. The number of carbonyl (C=O) groups excluding carboxylic acids is 2. The third-order valence-electron chi connectivity index (χ3n) is 5.08. The quantitative estimate of drug-likeness (QED) is 0.600. The molecule has 2 unspecified atom stereocenters. The van der Waals surface area contributed by atoms with Crippen molar-refractivity contribution in [2.24, 2.45) is 11.3 Å². The molecule has 1 aromatic rings. The Morgan fingerprint density at radius 2 is 1.92 bits per heavy atom. The summed E-state index contributed by atoms with van der Waals surface area (Å²) >= 11 is 0. The summed E-state index contributed by atoms with van der Waals surface area (Å²) in [5.74, 6) is -5.06. The van der Waals surface area contributed by atoms with Crippen LogP contribution < -0.4 is 4.90 Å². The largest absolute Gasteiger partial charge is 0.413 e. The molecule has 0 radical (unpaired) electrons. The van der Waals surface area contributed by atoms with E-state index in [9.17, 15) is 27.2 Å². The van der Waals surface area contributed by atoms with Crippen LogP contribution in [0.1, 0.15) is 27.2 Å². The van der Waals surface area contributed by atoms with Gasteiger partial charge in [-0.25, -0.2) is 14.0 Å². The second kappa shape index (κ2) is 5.71. The number of fused-ring (bicyclic) bond motifs is 2. The highest BCUT2D eigenvalue weighted by Crippen LogP contribution is 2.56. The van der Waals surface area contributed by atoms with Crippen LogP contribution in [0.25, 0.3) is 0 Å². The van der Waals surface area contributed by atoms with Gasteiger partial charge in [-0.3, -0.25) is 9.59 Å². The van der Waals surface area contributed by atoms with E-state index in [0.717, 1.165) is 4.68 Å². The van der Waals surface area contributed by atoms with Gasteiger partial charge in [-0.15, -0.1) is 0 Å². The molecule has 2 bridgehead atoms. The van der Waals surface area contributed by atoms with Crippen LogP contribution in [-0.2, 0) is 16.1 Å². The zero-order valence-corrected chi connectivity index (χ0v) is 14.1. The predicted molar refractivity (Wildman–Crippen MR) is 80.1 cm³/mol. The van der Waals surface area contributed by atoms with Gasteiger partial charge < -0.3 is 0 Å². The summed E-state index contributed by atoms with van der Waals surface area (Å²) in [6.45, 7) is 4.44. The van der Waals surface area contributed by atoms with E-state index in [1.165, 1.54) is 13.8 Å². The number of piperidine rings is 1. The molecule has 140 valence electrons. The van der Waals surface area contributed by atoms with E-state index < -0.39 is 46.3 Å². The molecule has 1 aliphatic carbocycles. The molecule has 1 saturated heterocycles. The van der Waals surface area contributed by atoms with E-state index in [4.69, 9.17) is 0 Å². The van der Waals surface area contributed by atoms with Gasteiger partial charge in [-0.2, -0.15) is 13.2 Å². The van der Waals surface area contributed by atoms with Crippen LogP contribution in [0.2, 0.25) is 0 Å². The fourth-order valence-electron chi connectivity index (χ4n) is 3.75. The van der Waals surface area contributed by atoms with Crippen LogP contribution in [0.5, 0.6) is 0 Å². The highest BCUT2D eigenvalue weighted by molar-refractivity contribution is 6.25. The van der Waals surface area contributed by atoms with Crippen molar-refractivity contribution < 1.29 is 27.2 Å². The van der Waals surface area contributed by atoms with E-state index in [0.29, 0.717) is 4.90 Å². The lowest BCUT2D eigenvalue weighted by Gasteiger charge is -2.48. The Bertz CT molecular complexity index is 856. The predicted octanol–water partition coefficient (Wildman–Crippen LogP) is 2.32. The number of hydrogen-bond acceptors (Lipinski definition) is 5. The molecule has 0 N–H and O–H groups in total. The number of alkyl halides is 3. The van der Waals surface area contributed by atoms with Crippen molar-refractivity contribution in [3.63, 3.8) is 0 Å². The molecule has 0 aromatic carbocycles. The molecule has 2 heterocycles. The normalized spacial score (nSPS) is 26.5. The molecule has 0 spiro atoms. The smallest absolute Gasteiger partial charge is 0.273 e. The van der Waals surface area contributed by atoms with E-state index in [2.05, 4.69) is 15.5 Å². The fourth-order valence-corrected chi connectivity index (χ4v) is 3.75. The molecular weight excluding hydrogens is 358 g/mol. The van der Waals surface area contributed by atoms with Gasteiger partial charge in [0, 0.05) is 12.5 Å². The molecule has 1 aliphatic heterocycles. The molecule has 2 aliphatic rings. The average Bonchev–Trinajstić information content (AvgIpc) is 3.01. The number of imide groups is 1. The van der Waals surface area contributed by atoms with Crippen molar-refractivity contribution in [2.45, 2.75) is 39.9 Å². The Labute approximate surface area is 145 Å². The first-order valence-corrected chi connectivity index (χ1v) is 7.95. The maximum atomic E-state index is 14.5. The number of nitrogens with zero attached hydrogens (tertiary/aromatic N) is 5.